The fourth-order valence-electron chi connectivity index (χ4n) is 4.76. The number of carboxylic acid groups (broad SMARTS) is 3. The van der Waals surface area contributed by atoms with Crippen LogP contribution in [0.1, 0.15) is 31.7 Å². The standard InChI is InChI=1S/C24H27N7O.3C2HF3O2/c25-23-20(24-29-21-4-3-19(12-22(21)32-24)30-9-1-2-10-30)11-16(13-27-23)17-14-28-31(15-17)18-5-7-26-8-6-18;3*3-2(4,5)1(6)7/h3-4,11-15,18,26H,1-2,5-10H2,(H2,25,27);3*(H,6,7). The van der Waals surface area contributed by atoms with Crippen molar-refractivity contribution in [1.82, 2.24) is 25.1 Å². The molecule has 5 heterocycles. The van der Waals surface area contributed by atoms with Crippen molar-refractivity contribution in [2.75, 3.05) is 36.8 Å². The lowest BCUT2D eigenvalue weighted by Gasteiger charge is -2.22. The number of halogens is 9. The Hall–Kier alpha value is -5.61. The number of hydrogen-bond donors (Lipinski definition) is 5. The van der Waals surface area contributed by atoms with Crippen LogP contribution < -0.4 is 16.0 Å². The van der Waals surface area contributed by atoms with E-state index in [1.54, 1.807) is 6.20 Å². The number of pyridine rings is 1. The molecule has 290 valence electrons. The SMILES string of the molecule is Nc1ncc(-c2cnn(C3CCNCC3)c2)cc1-c1nc2ccc(N3CCCC3)cc2o1.O=C(O)C(F)(F)F.O=C(O)C(F)(F)F.O=C(O)C(F)(F)F. The summed E-state index contributed by atoms with van der Waals surface area (Å²) in [7, 11) is 0. The van der Waals surface area contributed by atoms with E-state index in [2.05, 4.69) is 43.3 Å². The number of nitrogens with zero attached hydrogens (tertiary/aromatic N) is 5. The lowest BCUT2D eigenvalue weighted by molar-refractivity contribution is -0.193. The minimum absolute atomic E-state index is 0.408. The second-order valence-electron chi connectivity index (χ2n) is 11.1. The molecule has 0 atom stereocenters. The Morgan fingerprint density at radius 3 is 1.85 bits per heavy atom. The van der Waals surface area contributed by atoms with Gasteiger partial charge in [-0.15, -0.1) is 0 Å². The predicted octanol–water partition coefficient (Wildman–Crippen LogP) is 5.76. The molecule has 53 heavy (non-hydrogen) atoms. The summed E-state index contributed by atoms with van der Waals surface area (Å²) in [6.45, 7) is 4.25. The van der Waals surface area contributed by atoms with E-state index in [0.29, 0.717) is 23.3 Å². The van der Waals surface area contributed by atoms with Crippen molar-refractivity contribution in [3.05, 3.63) is 42.9 Å². The zero-order chi connectivity index (χ0) is 39.7. The zero-order valence-electron chi connectivity index (χ0n) is 27.0. The van der Waals surface area contributed by atoms with Gasteiger partial charge in [0, 0.05) is 48.4 Å². The number of aliphatic carboxylic acids is 3. The number of nitrogens with one attached hydrogen (secondary N) is 1. The molecular formula is C30H30F9N7O7. The third-order valence-electron chi connectivity index (χ3n) is 7.34. The van der Waals surface area contributed by atoms with E-state index >= 15 is 0 Å². The number of piperidine rings is 1. The van der Waals surface area contributed by atoms with E-state index in [1.165, 1.54) is 18.5 Å². The van der Waals surface area contributed by atoms with Gasteiger partial charge in [-0.2, -0.15) is 44.6 Å². The molecule has 2 fully saturated rings. The molecule has 23 heteroatoms. The van der Waals surface area contributed by atoms with Gasteiger partial charge in [0.1, 0.15) is 11.3 Å². The summed E-state index contributed by atoms with van der Waals surface area (Å²) in [6, 6.07) is 8.65. The molecule has 2 aliphatic rings. The number of aromatic nitrogens is 4. The molecule has 3 aromatic heterocycles. The van der Waals surface area contributed by atoms with Crippen LogP contribution in [-0.2, 0) is 14.4 Å². The van der Waals surface area contributed by atoms with E-state index in [0.717, 1.165) is 61.2 Å². The Balaban J connectivity index is 0.000000296. The maximum Gasteiger partial charge on any atom is 0.490 e. The summed E-state index contributed by atoms with van der Waals surface area (Å²) in [6.07, 6.45) is -4.80. The van der Waals surface area contributed by atoms with Gasteiger partial charge in [-0.3, -0.25) is 4.68 Å². The summed E-state index contributed by atoms with van der Waals surface area (Å²) in [5.41, 5.74) is 11.7. The van der Waals surface area contributed by atoms with Crippen molar-refractivity contribution in [1.29, 1.82) is 0 Å². The highest BCUT2D eigenvalue weighted by Crippen LogP contribution is 2.33. The third kappa shape index (κ3) is 12.2. The van der Waals surface area contributed by atoms with Gasteiger partial charge in [0.2, 0.25) is 5.89 Å². The molecule has 2 saturated heterocycles. The highest BCUT2D eigenvalue weighted by Gasteiger charge is 2.39. The van der Waals surface area contributed by atoms with E-state index in [9.17, 15) is 39.5 Å². The molecule has 0 spiro atoms. The number of nitrogens with two attached hydrogens (primary N) is 1. The minimum atomic E-state index is -5.08. The molecule has 14 nitrogen and oxygen atoms in total. The number of nitrogen functional groups attached to an aromatic ring is 1. The fourth-order valence-corrected chi connectivity index (χ4v) is 4.76. The predicted molar refractivity (Wildman–Crippen MR) is 167 cm³/mol. The number of hydrogen-bond acceptors (Lipinski definition) is 10. The number of alkyl halides is 9. The van der Waals surface area contributed by atoms with Crippen LogP contribution in [0.25, 0.3) is 33.7 Å². The zero-order valence-corrected chi connectivity index (χ0v) is 27.0. The average Bonchev–Trinajstić information content (AvgIpc) is 3.86. The number of oxazole rings is 1. The quantitative estimate of drug-likeness (QED) is 0.157. The maximum atomic E-state index is 10.6. The Morgan fingerprint density at radius 2 is 1.34 bits per heavy atom. The Morgan fingerprint density at radius 1 is 0.811 bits per heavy atom. The molecule has 0 aliphatic carbocycles. The van der Waals surface area contributed by atoms with Crippen LogP contribution in [0.4, 0.5) is 51.0 Å². The van der Waals surface area contributed by atoms with Crippen molar-refractivity contribution in [2.45, 2.75) is 50.3 Å². The lowest BCUT2D eigenvalue weighted by Crippen LogP contribution is -2.29. The number of carboxylic acids is 3. The molecule has 4 aromatic rings. The van der Waals surface area contributed by atoms with Crippen molar-refractivity contribution >= 4 is 40.5 Å². The molecule has 2 aliphatic heterocycles. The number of fused-ring (bicyclic) bond motifs is 1. The van der Waals surface area contributed by atoms with Crippen molar-refractivity contribution < 1.29 is 73.6 Å². The first-order chi connectivity index (χ1) is 24.6. The Bertz CT molecular complexity index is 1810. The van der Waals surface area contributed by atoms with Crippen LogP contribution in [0.5, 0.6) is 0 Å². The van der Waals surface area contributed by atoms with Gasteiger partial charge in [0.15, 0.2) is 5.58 Å². The van der Waals surface area contributed by atoms with Crippen molar-refractivity contribution in [3.63, 3.8) is 0 Å². The fraction of sp³-hybridized carbons (Fsp3) is 0.400. The lowest BCUT2D eigenvalue weighted by atomic mass is 10.1. The minimum Gasteiger partial charge on any atom is -0.475 e. The second-order valence-corrected chi connectivity index (χ2v) is 11.1. The molecule has 0 unspecified atom stereocenters. The van der Waals surface area contributed by atoms with Gasteiger partial charge in [0.05, 0.1) is 17.8 Å². The van der Waals surface area contributed by atoms with Crippen LogP contribution in [0.15, 0.2) is 47.3 Å². The van der Waals surface area contributed by atoms with Gasteiger partial charge in [-0.1, -0.05) is 0 Å². The number of carbonyl (C=O) groups is 3. The van der Waals surface area contributed by atoms with E-state index in [1.807, 2.05) is 18.3 Å². The first-order valence-electron chi connectivity index (χ1n) is 15.1. The van der Waals surface area contributed by atoms with Gasteiger partial charge in [0.25, 0.3) is 0 Å². The topological polar surface area (TPSA) is 210 Å². The molecule has 1 aromatic carbocycles. The first-order valence-corrected chi connectivity index (χ1v) is 15.1. The van der Waals surface area contributed by atoms with Crippen LogP contribution in [0.3, 0.4) is 0 Å². The summed E-state index contributed by atoms with van der Waals surface area (Å²) < 4.78 is 103. The second kappa shape index (κ2) is 17.3. The average molecular weight is 772 g/mol. The molecule has 0 amide bonds. The molecule has 0 saturated carbocycles. The number of anilines is 2. The van der Waals surface area contributed by atoms with E-state index in [4.69, 9.17) is 44.8 Å². The van der Waals surface area contributed by atoms with Gasteiger partial charge in [-0.05, 0) is 57.0 Å². The molecule has 6 N–H and O–H groups in total. The highest BCUT2D eigenvalue weighted by atomic mass is 19.4. The number of rotatable bonds is 4. The Kier molecular flexibility index (Phi) is 13.6. The van der Waals surface area contributed by atoms with Crippen molar-refractivity contribution in [2.24, 2.45) is 0 Å². The Labute approximate surface area is 292 Å². The monoisotopic (exact) mass is 771 g/mol. The van der Waals surface area contributed by atoms with Gasteiger partial charge >= 0.3 is 36.4 Å². The van der Waals surface area contributed by atoms with Crippen LogP contribution in [0, 0.1) is 0 Å². The smallest absolute Gasteiger partial charge is 0.475 e. The molecule has 0 radical (unpaired) electrons. The van der Waals surface area contributed by atoms with Crippen LogP contribution >= 0.6 is 0 Å². The number of benzene rings is 1. The van der Waals surface area contributed by atoms with Gasteiger partial charge in [-0.25, -0.2) is 24.4 Å². The molecule has 0 bridgehead atoms. The summed E-state index contributed by atoms with van der Waals surface area (Å²) in [5, 5.41) is 29.4. The summed E-state index contributed by atoms with van der Waals surface area (Å²) in [4.78, 5) is 38.2. The van der Waals surface area contributed by atoms with Crippen LogP contribution in [-0.4, -0.2) is 97.7 Å². The summed E-state index contributed by atoms with van der Waals surface area (Å²) >= 11 is 0. The summed E-state index contributed by atoms with van der Waals surface area (Å²) in [5.74, 6) is -7.37. The van der Waals surface area contributed by atoms with Gasteiger partial charge < -0.3 is 35.7 Å². The maximum absolute atomic E-state index is 10.6. The van der Waals surface area contributed by atoms with E-state index in [-0.39, 0.29) is 0 Å². The largest absolute Gasteiger partial charge is 0.490 e. The van der Waals surface area contributed by atoms with E-state index < -0.39 is 36.4 Å². The molecule has 6 rings (SSSR count). The van der Waals surface area contributed by atoms with Crippen LogP contribution in [0.2, 0.25) is 0 Å². The van der Waals surface area contributed by atoms with Crippen molar-refractivity contribution in [3.8, 4) is 22.6 Å². The third-order valence-corrected chi connectivity index (χ3v) is 7.34. The molecular weight excluding hydrogens is 741 g/mol. The highest BCUT2D eigenvalue weighted by molar-refractivity contribution is 5.83. The first kappa shape index (κ1) is 41.8. The normalized spacial score (nSPS) is 15.0.